The number of hydrogen-bond acceptors (Lipinski definition) is 5. The van der Waals surface area contributed by atoms with E-state index in [1.165, 1.54) is 17.0 Å². The summed E-state index contributed by atoms with van der Waals surface area (Å²) < 4.78 is 19.7. The molecule has 1 amide bonds. The summed E-state index contributed by atoms with van der Waals surface area (Å²) >= 11 is 1.71. The molecule has 1 aliphatic rings. The fourth-order valence-electron chi connectivity index (χ4n) is 3.60. The van der Waals surface area contributed by atoms with Crippen molar-refractivity contribution in [2.75, 3.05) is 18.9 Å². The number of carbonyl (C=O) groups is 1. The van der Waals surface area contributed by atoms with Gasteiger partial charge in [0, 0.05) is 40.8 Å². The number of aromatic nitrogens is 1. The van der Waals surface area contributed by atoms with E-state index in [0.717, 1.165) is 42.5 Å². The standard InChI is InChI=1S/C24H26FN3O2S/c25-19-10-9-17-14-18(16-27-21-8-4-5-11-26-23(21)29)24(28-22(17)15-19)30-12-13-31-20-6-2-1-3-7-20/h1-3,6-7,9-10,14-15,21,27H,4-5,8,11-13,16H2,(H,26,29)/t21-/m0/s1. The van der Waals surface area contributed by atoms with Crippen LogP contribution in [0.1, 0.15) is 24.8 Å². The number of nitrogens with one attached hydrogen (secondary N) is 2. The van der Waals surface area contributed by atoms with E-state index in [2.05, 4.69) is 27.8 Å². The Balaban J connectivity index is 1.46. The van der Waals surface area contributed by atoms with Gasteiger partial charge < -0.3 is 15.4 Å². The number of carbonyl (C=O) groups excluding carboxylic acids is 1. The normalized spacial score (nSPS) is 16.7. The second-order valence-electron chi connectivity index (χ2n) is 7.52. The van der Waals surface area contributed by atoms with Gasteiger partial charge in [-0.05, 0) is 49.6 Å². The van der Waals surface area contributed by atoms with E-state index >= 15 is 0 Å². The fourth-order valence-corrected chi connectivity index (χ4v) is 4.35. The smallest absolute Gasteiger partial charge is 0.237 e. The van der Waals surface area contributed by atoms with Crippen LogP contribution in [-0.2, 0) is 11.3 Å². The number of ether oxygens (including phenoxy) is 1. The maximum Gasteiger partial charge on any atom is 0.237 e. The van der Waals surface area contributed by atoms with Gasteiger partial charge in [0.2, 0.25) is 11.8 Å². The maximum atomic E-state index is 13.7. The minimum atomic E-state index is -0.327. The quantitative estimate of drug-likeness (QED) is 0.405. The maximum absolute atomic E-state index is 13.7. The highest BCUT2D eigenvalue weighted by molar-refractivity contribution is 7.99. The Labute approximate surface area is 185 Å². The minimum Gasteiger partial charge on any atom is -0.477 e. The topological polar surface area (TPSA) is 63.2 Å². The number of hydrogen-bond donors (Lipinski definition) is 2. The SMILES string of the molecule is O=C1NCCCC[C@@H]1NCc1cc2ccc(F)cc2nc1OCCSc1ccccc1. The van der Waals surface area contributed by atoms with Crippen molar-refractivity contribution < 1.29 is 13.9 Å². The van der Waals surface area contributed by atoms with Crippen LogP contribution in [0.15, 0.2) is 59.5 Å². The van der Waals surface area contributed by atoms with Gasteiger partial charge in [0.05, 0.1) is 18.2 Å². The third-order valence-corrected chi connectivity index (χ3v) is 6.20. The van der Waals surface area contributed by atoms with Crippen LogP contribution in [0.5, 0.6) is 5.88 Å². The molecule has 4 rings (SSSR count). The molecule has 0 spiro atoms. The van der Waals surface area contributed by atoms with Gasteiger partial charge in [-0.3, -0.25) is 4.79 Å². The van der Waals surface area contributed by atoms with Crippen LogP contribution in [-0.4, -0.2) is 35.8 Å². The summed E-state index contributed by atoms with van der Waals surface area (Å²) in [6, 6.07) is 16.4. The highest BCUT2D eigenvalue weighted by atomic mass is 32.2. The van der Waals surface area contributed by atoms with Gasteiger partial charge in [-0.2, -0.15) is 0 Å². The number of rotatable bonds is 8. The highest BCUT2D eigenvalue weighted by Gasteiger charge is 2.20. The van der Waals surface area contributed by atoms with Crippen molar-refractivity contribution >= 4 is 28.6 Å². The summed E-state index contributed by atoms with van der Waals surface area (Å²) in [6.45, 7) is 1.66. The van der Waals surface area contributed by atoms with Gasteiger partial charge in [-0.15, -0.1) is 11.8 Å². The summed E-state index contributed by atoms with van der Waals surface area (Å²) in [5.74, 6) is 0.958. The number of pyridine rings is 1. The molecular formula is C24H26FN3O2S. The third kappa shape index (κ3) is 5.95. The van der Waals surface area contributed by atoms with Crippen LogP contribution in [0, 0.1) is 5.82 Å². The Morgan fingerprint density at radius 3 is 2.90 bits per heavy atom. The van der Waals surface area contributed by atoms with Gasteiger partial charge in [0.1, 0.15) is 5.82 Å². The van der Waals surface area contributed by atoms with E-state index in [1.807, 2.05) is 24.3 Å². The van der Waals surface area contributed by atoms with Crippen molar-refractivity contribution in [3.63, 3.8) is 0 Å². The predicted octanol–water partition coefficient (Wildman–Crippen LogP) is 4.30. The molecule has 2 N–H and O–H groups in total. The Bertz CT molecular complexity index is 1030. The van der Waals surface area contributed by atoms with Crippen LogP contribution in [0.3, 0.4) is 0 Å². The molecule has 1 aromatic heterocycles. The van der Waals surface area contributed by atoms with Crippen molar-refractivity contribution in [1.29, 1.82) is 0 Å². The number of benzene rings is 2. The average molecular weight is 440 g/mol. The Morgan fingerprint density at radius 2 is 2.03 bits per heavy atom. The molecule has 0 aliphatic carbocycles. The first kappa shape index (κ1) is 21.6. The summed E-state index contributed by atoms with van der Waals surface area (Å²) in [4.78, 5) is 18.0. The van der Waals surface area contributed by atoms with Crippen LogP contribution in [0.2, 0.25) is 0 Å². The molecule has 0 saturated carbocycles. The van der Waals surface area contributed by atoms with Crippen LogP contribution in [0.4, 0.5) is 4.39 Å². The van der Waals surface area contributed by atoms with Crippen molar-refractivity contribution in [3.8, 4) is 5.88 Å². The molecule has 1 aliphatic heterocycles. The molecule has 2 aromatic carbocycles. The molecule has 31 heavy (non-hydrogen) atoms. The monoisotopic (exact) mass is 439 g/mol. The third-order valence-electron chi connectivity index (χ3n) is 5.23. The lowest BCUT2D eigenvalue weighted by Crippen LogP contribution is -2.42. The zero-order valence-electron chi connectivity index (χ0n) is 17.3. The van der Waals surface area contributed by atoms with E-state index in [0.29, 0.717) is 24.5 Å². The minimum absolute atomic E-state index is 0.0371. The molecule has 5 nitrogen and oxygen atoms in total. The molecule has 0 radical (unpaired) electrons. The predicted molar refractivity (Wildman–Crippen MR) is 122 cm³/mol. The molecule has 3 aromatic rings. The number of halogens is 1. The van der Waals surface area contributed by atoms with Gasteiger partial charge in [-0.25, -0.2) is 9.37 Å². The Kier molecular flexibility index (Phi) is 7.38. The highest BCUT2D eigenvalue weighted by Crippen LogP contribution is 2.24. The first-order valence-electron chi connectivity index (χ1n) is 10.6. The largest absolute Gasteiger partial charge is 0.477 e. The first-order chi connectivity index (χ1) is 15.2. The van der Waals surface area contributed by atoms with Crippen LogP contribution >= 0.6 is 11.8 Å². The van der Waals surface area contributed by atoms with E-state index in [4.69, 9.17) is 4.74 Å². The molecular weight excluding hydrogens is 413 g/mol. The van der Waals surface area contributed by atoms with Gasteiger partial charge in [0.25, 0.3) is 0 Å². The fraction of sp³-hybridized carbons (Fsp3) is 0.333. The molecule has 1 atom stereocenters. The zero-order chi connectivity index (χ0) is 21.5. The second-order valence-corrected chi connectivity index (χ2v) is 8.69. The molecule has 2 heterocycles. The summed E-state index contributed by atoms with van der Waals surface area (Å²) in [6.07, 6.45) is 2.81. The van der Waals surface area contributed by atoms with Crippen molar-refractivity contribution in [3.05, 3.63) is 66.0 Å². The molecule has 1 fully saturated rings. The molecule has 0 bridgehead atoms. The molecule has 7 heteroatoms. The van der Waals surface area contributed by atoms with E-state index in [-0.39, 0.29) is 17.8 Å². The number of thioether (sulfide) groups is 1. The number of amides is 1. The first-order valence-corrected chi connectivity index (χ1v) is 11.6. The second kappa shape index (κ2) is 10.6. The van der Waals surface area contributed by atoms with E-state index in [1.54, 1.807) is 17.8 Å². The molecule has 162 valence electrons. The summed E-state index contributed by atoms with van der Waals surface area (Å²) in [5, 5.41) is 7.14. The lowest BCUT2D eigenvalue weighted by molar-refractivity contribution is -0.122. The van der Waals surface area contributed by atoms with E-state index < -0.39 is 0 Å². The molecule has 1 saturated heterocycles. The summed E-state index contributed by atoms with van der Waals surface area (Å²) in [7, 11) is 0. The number of nitrogens with zero attached hydrogens (tertiary/aromatic N) is 1. The van der Waals surface area contributed by atoms with Crippen molar-refractivity contribution in [2.24, 2.45) is 0 Å². The molecule has 0 unspecified atom stereocenters. The van der Waals surface area contributed by atoms with Crippen molar-refractivity contribution in [2.45, 2.75) is 36.7 Å². The van der Waals surface area contributed by atoms with Crippen LogP contribution < -0.4 is 15.4 Å². The van der Waals surface area contributed by atoms with Gasteiger partial charge in [-0.1, -0.05) is 18.2 Å². The Hall–Kier alpha value is -2.64. The average Bonchev–Trinajstić information content (AvgIpc) is 2.99. The summed E-state index contributed by atoms with van der Waals surface area (Å²) in [5.41, 5.74) is 1.42. The van der Waals surface area contributed by atoms with Crippen LogP contribution in [0.25, 0.3) is 10.9 Å². The van der Waals surface area contributed by atoms with Gasteiger partial charge >= 0.3 is 0 Å². The van der Waals surface area contributed by atoms with Crippen molar-refractivity contribution in [1.82, 2.24) is 15.6 Å². The zero-order valence-corrected chi connectivity index (χ0v) is 18.1. The number of fused-ring (bicyclic) bond motifs is 1. The van der Waals surface area contributed by atoms with Gasteiger partial charge in [0.15, 0.2) is 0 Å². The Morgan fingerprint density at radius 1 is 1.16 bits per heavy atom. The van der Waals surface area contributed by atoms with E-state index in [9.17, 15) is 9.18 Å². The lowest BCUT2D eigenvalue weighted by Gasteiger charge is -2.17. The lowest BCUT2D eigenvalue weighted by atomic mass is 10.1.